The highest BCUT2D eigenvalue weighted by molar-refractivity contribution is 6.30. The van der Waals surface area contributed by atoms with Crippen LogP contribution in [0.4, 0.5) is 5.82 Å². The summed E-state index contributed by atoms with van der Waals surface area (Å²) in [7, 11) is 0. The maximum atomic E-state index is 12.8. The van der Waals surface area contributed by atoms with Crippen molar-refractivity contribution in [1.29, 1.82) is 0 Å². The van der Waals surface area contributed by atoms with E-state index in [-0.39, 0.29) is 29.6 Å². The molecule has 140 valence electrons. The number of nitrogens with one attached hydrogen (secondary N) is 1. The zero-order chi connectivity index (χ0) is 18.8. The Morgan fingerprint density at radius 1 is 1.11 bits per heavy atom. The molecule has 2 atom stereocenters. The van der Waals surface area contributed by atoms with Crippen LogP contribution in [-0.2, 0) is 9.59 Å². The van der Waals surface area contributed by atoms with Crippen LogP contribution in [-0.4, -0.2) is 34.8 Å². The number of benzene rings is 1. The molecular formula is C21H22ClN3O2. The molecule has 27 heavy (non-hydrogen) atoms. The van der Waals surface area contributed by atoms with Crippen LogP contribution in [0.3, 0.4) is 0 Å². The second kappa shape index (κ2) is 7.69. The predicted molar refractivity (Wildman–Crippen MR) is 104 cm³/mol. The molecule has 2 fully saturated rings. The lowest BCUT2D eigenvalue weighted by Gasteiger charge is -2.31. The van der Waals surface area contributed by atoms with Crippen LogP contribution in [0.5, 0.6) is 0 Å². The van der Waals surface area contributed by atoms with Gasteiger partial charge in [-0.1, -0.05) is 29.8 Å². The third-order valence-corrected chi connectivity index (χ3v) is 5.71. The summed E-state index contributed by atoms with van der Waals surface area (Å²) in [5.41, 5.74) is 1.14. The van der Waals surface area contributed by atoms with E-state index in [0.29, 0.717) is 36.8 Å². The van der Waals surface area contributed by atoms with Gasteiger partial charge in [0, 0.05) is 36.1 Å². The van der Waals surface area contributed by atoms with E-state index < -0.39 is 0 Å². The Kier molecular flexibility index (Phi) is 5.12. The molecule has 1 N–H and O–H groups in total. The second-order valence-corrected chi connectivity index (χ2v) is 7.74. The van der Waals surface area contributed by atoms with Crippen molar-refractivity contribution in [3.63, 3.8) is 0 Å². The van der Waals surface area contributed by atoms with Gasteiger partial charge in [0.25, 0.3) is 0 Å². The number of carbonyl (C=O) groups excluding carboxylic acids is 2. The Balaban J connectivity index is 1.28. The number of pyridine rings is 1. The highest BCUT2D eigenvalue weighted by atomic mass is 35.5. The minimum absolute atomic E-state index is 0.0102. The Bertz CT molecular complexity index is 834. The lowest BCUT2D eigenvalue weighted by atomic mass is 9.95. The van der Waals surface area contributed by atoms with Gasteiger partial charge < -0.3 is 10.2 Å². The van der Waals surface area contributed by atoms with Gasteiger partial charge in [0.05, 0.1) is 0 Å². The molecule has 1 saturated heterocycles. The van der Waals surface area contributed by atoms with Gasteiger partial charge in [-0.15, -0.1) is 0 Å². The highest BCUT2D eigenvalue weighted by Crippen LogP contribution is 2.49. The number of anilines is 1. The summed E-state index contributed by atoms with van der Waals surface area (Å²) in [6.45, 7) is 1.27. The second-order valence-electron chi connectivity index (χ2n) is 7.31. The summed E-state index contributed by atoms with van der Waals surface area (Å²) in [5, 5.41) is 3.57. The number of piperidine rings is 1. The Morgan fingerprint density at radius 2 is 1.93 bits per heavy atom. The van der Waals surface area contributed by atoms with Crippen molar-refractivity contribution in [1.82, 2.24) is 9.88 Å². The Labute approximate surface area is 163 Å². The molecule has 5 nitrogen and oxygen atoms in total. The molecule has 2 heterocycles. The molecule has 1 aliphatic heterocycles. The lowest BCUT2D eigenvalue weighted by molar-refractivity contribution is -0.135. The number of carbonyl (C=O) groups is 2. The number of rotatable bonds is 4. The van der Waals surface area contributed by atoms with Gasteiger partial charge in [-0.25, -0.2) is 4.98 Å². The summed E-state index contributed by atoms with van der Waals surface area (Å²) in [6, 6.07) is 13.2. The topological polar surface area (TPSA) is 62.3 Å². The summed E-state index contributed by atoms with van der Waals surface area (Å²) in [5.74, 6) is 1.04. The van der Waals surface area contributed by atoms with Crippen molar-refractivity contribution in [2.45, 2.75) is 25.2 Å². The number of amides is 2. The molecule has 0 radical (unpaired) electrons. The first-order chi connectivity index (χ1) is 13.1. The van der Waals surface area contributed by atoms with E-state index in [4.69, 9.17) is 11.6 Å². The molecular weight excluding hydrogens is 362 g/mol. The molecule has 2 amide bonds. The van der Waals surface area contributed by atoms with Gasteiger partial charge in [0.1, 0.15) is 5.82 Å². The average Bonchev–Trinajstić information content (AvgIpc) is 3.49. The normalized spacial score (nSPS) is 22.3. The largest absolute Gasteiger partial charge is 0.342 e. The maximum absolute atomic E-state index is 12.8. The van der Waals surface area contributed by atoms with Gasteiger partial charge >= 0.3 is 0 Å². The van der Waals surface area contributed by atoms with Crippen molar-refractivity contribution < 1.29 is 9.59 Å². The van der Waals surface area contributed by atoms with Crippen molar-refractivity contribution in [2.24, 2.45) is 11.8 Å². The molecule has 0 bridgehead atoms. The van der Waals surface area contributed by atoms with Crippen molar-refractivity contribution in [3.8, 4) is 0 Å². The quantitative estimate of drug-likeness (QED) is 0.875. The summed E-state index contributed by atoms with van der Waals surface area (Å²) >= 11 is 6.06. The van der Waals surface area contributed by atoms with Gasteiger partial charge in [-0.05, 0) is 55.0 Å². The molecule has 4 rings (SSSR count). The molecule has 1 aliphatic carbocycles. The zero-order valence-corrected chi connectivity index (χ0v) is 15.7. The van der Waals surface area contributed by atoms with E-state index in [1.807, 2.05) is 41.3 Å². The van der Waals surface area contributed by atoms with Crippen molar-refractivity contribution >= 4 is 29.2 Å². The fourth-order valence-electron chi connectivity index (χ4n) is 3.84. The molecule has 2 aromatic rings. The van der Waals surface area contributed by atoms with E-state index in [0.717, 1.165) is 12.0 Å². The third-order valence-electron chi connectivity index (χ3n) is 5.48. The predicted octanol–water partition coefficient (Wildman–Crippen LogP) is 3.72. The van der Waals surface area contributed by atoms with Gasteiger partial charge in [0.2, 0.25) is 11.8 Å². The van der Waals surface area contributed by atoms with Crippen LogP contribution in [0, 0.1) is 11.8 Å². The third kappa shape index (κ3) is 4.14. The lowest BCUT2D eigenvalue weighted by Crippen LogP contribution is -2.42. The van der Waals surface area contributed by atoms with E-state index in [9.17, 15) is 9.59 Å². The smallest absolute Gasteiger partial charge is 0.228 e. The van der Waals surface area contributed by atoms with E-state index in [2.05, 4.69) is 10.3 Å². The van der Waals surface area contributed by atoms with Crippen LogP contribution in [0.2, 0.25) is 5.02 Å². The molecule has 0 spiro atoms. The molecule has 2 unspecified atom stereocenters. The molecule has 1 aromatic carbocycles. The first-order valence-electron chi connectivity index (χ1n) is 9.38. The van der Waals surface area contributed by atoms with E-state index >= 15 is 0 Å². The van der Waals surface area contributed by atoms with Crippen LogP contribution in [0.25, 0.3) is 0 Å². The van der Waals surface area contributed by atoms with Crippen LogP contribution >= 0.6 is 11.6 Å². The minimum Gasteiger partial charge on any atom is -0.342 e. The van der Waals surface area contributed by atoms with Crippen molar-refractivity contribution in [2.75, 3.05) is 18.4 Å². The maximum Gasteiger partial charge on any atom is 0.228 e. The monoisotopic (exact) mass is 383 g/mol. The Hall–Kier alpha value is -2.40. The summed E-state index contributed by atoms with van der Waals surface area (Å²) < 4.78 is 0. The fraction of sp³-hybridized carbons (Fsp3) is 0.381. The van der Waals surface area contributed by atoms with Crippen molar-refractivity contribution in [3.05, 3.63) is 59.2 Å². The van der Waals surface area contributed by atoms with Gasteiger partial charge in [-0.2, -0.15) is 0 Å². The van der Waals surface area contributed by atoms with Crippen LogP contribution in [0.1, 0.15) is 30.7 Å². The van der Waals surface area contributed by atoms with Crippen LogP contribution in [0.15, 0.2) is 48.7 Å². The van der Waals surface area contributed by atoms with E-state index in [1.54, 1.807) is 12.3 Å². The number of hydrogen-bond donors (Lipinski definition) is 1. The molecule has 6 heteroatoms. The van der Waals surface area contributed by atoms with Gasteiger partial charge in [-0.3, -0.25) is 9.59 Å². The number of nitrogens with zero attached hydrogens (tertiary/aromatic N) is 2. The highest BCUT2D eigenvalue weighted by Gasteiger charge is 2.46. The fourth-order valence-corrected chi connectivity index (χ4v) is 4.03. The number of hydrogen-bond acceptors (Lipinski definition) is 3. The van der Waals surface area contributed by atoms with E-state index in [1.165, 1.54) is 0 Å². The average molecular weight is 384 g/mol. The molecule has 1 saturated carbocycles. The number of halogens is 1. The SMILES string of the molecule is O=C(Nc1ccccn1)C1CCN(C(=O)C2CC2c2cccc(Cl)c2)CC1. The Morgan fingerprint density at radius 3 is 2.63 bits per heavy atom. The molecule has 2 aliphatic rings. The van der Waals surface area contributed by atoms with Crippen LogP contribution < -0.4 is 5.32 Å². The minimum atomic E-state index is -0.0704. The first-order valence-corrected chi connectivity index (χ1v) is 9.76. The standard InChI is InChI=1S/C21H22ClN3O2/c22-16-5-3-4-15(12-16)17-13-18(17)21(27)25-10-7-14(8-11-25)20(26)24-19-6-1-2-9-23-19/h1-6,9,12,14,17-18H,7-8,10-11,13H2,(H,23,24,26). The zero-order valence-electron chi connectivity index (χ0n) is 15.0. The van der Waals surface area contributed by atoms with Gasteiger partial charge in [0.15, 0.2) is 0 Å². The number of aromatic nitrogens is 1. The summed E-state index contributed by atoms with van der Waals surface area (Å²) in [6.07, 6.45) is 3.93. The first kappa shape index (κ1) is 18.0. The summed E-state index contributed by atoms with van der Waals surface area (Å²) in [4.78, 5) is 31.2. The molecule has 1 aromatic heterocycles. The number of likely N-dealkylation sites (tertiary alicyclic amines) is 1.